The van der Waals surface area contributed by atoms with E-state index in [9.17, 15) is 8.42 Å². The first kappa shape index (κ1) is 12.1. The molecule has 2 aromatic rings. The molecular formula is C9H12N4O2S2. The van der Waals surface area contributed by atoms with Crippen LogP contribution in [-0.2, 0) is 23.6 Å². The maximum atomic E-state index is 11.9. The molecule has 0 bridgehead atoms. The van der Waals surface area contributed by atoms with Crippen LogP contribution in [0.25, 0.3) is 0 Å². The predicted molar refractivity (Wildman–Crippen MR) is 66.2 cm³/mol. The van der Waals surface area contributed by atoms with Gasteiger partial charge in [0.05, 0.1) is 0 Å². The molecule has 8 heteroatoms. The molecule has 17 heavy (non-hydrogen) atoms. The summed E-state index contributed by atoms with van der Waals surface area (Å²) in [5, 5.41) is 3.95. The Morgan fingerprint density at radius 2 is 2.24 bits per heavy atom. The van der Waals surface area contributed by atoms with Gasteiger partial charge in [-0.25, -0.2) is 8.42 Å². The molecule has 0 aliphatic carbocycles. The highest BCUT2D eigenvalue weighted by Crippen LogP contribution is 2.23. The highest BCUT2D eigenvalue weighted by atomic mass is 32.2. The third kappa shape index (κ3) is 2.65. The molecule has 0 amide bonds. The topological polar surface area (TPSA) is 90.0 Å². The summed E-state index contributed by atoms with van der Waals surface area (Å²) in [4.78, 5) is 0.825. The summed E-state index contributed by atoms with van der Waals surface area (Å²) in [6.07, 6.45) is 1.66. The summed E-state index contributed by atoms with van der Waals surface area (Å²) in [6, 6.07) is 4.84. The Hall–Kier alpha value is -1.38. The van der Waals surface area contributed by atoms with Crippen molar-refractivity contribution in [2.45, 2.75) is 10.8 Å². The number of nitrogens with zero attached hydrogens (tertiary/aromatic N) is 2. The number of nitrogens with two attached hydrogens (primary N) is 1. The van der Waals surface area contributed by atoms with E-state index >= 15 is 0 Å². The van der Waals surface area contributed by atoms with Gasteiger partial charge in [-0.1, -0.05) is 0 Å². The van der Waals surface area contributed by atoms with Crippen molar-refractivity contribution < 1.29 is 8.42 Å². The number of hydrogen-bond acceptors (Lipinski definition) is 5. The molecule has 6 nitrogen and oxygen atoms in total. The molecule has 92 valence electrons. The SMILES string of the molecule is Cn1ccc(NS(=O)(=O)c2ccc(CN)s2)n1. The smallest absolute Gasteiger partial charge is 0.272 e. The summed E-state index contributed by atoms with van der Waals surface area (Å²) in [5.74, 6) is 0.301. The van der Waals surface area contributed by atoms with Crippen molar-refractivity contribution in [2.75, 3.05) is 4.72 Å². The van der Waals surface area contributed by atoms with E-state index in [1.165, 1.54) is 10.7 Å². The largest absolute Gasteiger partial charge is 0.326 e. The van der Waals surface area contributed by atoms with E-state index < -0.39 is 10.0 Å². The highest BCUT2D eigenvalue weighted by molar-refractivity contribution is 7.94. The summed E-state index contributed by atoms with van der Waals surface area (Å²) in [5.41, 5.74) is 5.44. The molecule has 2 aromatic heterocycles. The Kier molecular flexibility index (Phi) is 3.18. The minimum atomic E-state index is -3.55. The monoisotopic (exact) mass is 272 g/mol. The third-order valence-electron chi connectivity index (χ3n) is 2.06. The summed E-state index contributed by atoms with van der Waals surface area (Å²) >= 11 is 1.16. The van der Waals surface area contributed by atoms with E-state index in [2.05, 4.69) is 9.82 Å². The van der Waals surface area contributed by atoms with Gasteiger partial charge in [0.1, 0.15) is 4.21 Å². The lowest BCUT2D eigenvalue weighted by Crippen LogP contribution is -2.12. The van der Waals surface area contributed by atoms with E-state index in [0.717, 1.165) is 16.2 Å². The van der Waals surface area contributed by atoms with Gasteiger partial charge >= 0.3 is 0 Å². The molecule has 2 heterocycles. The summed E-state index contributed by atoms with van der Waals surface area (Å²) in [7, 11) is -1.83. The molecule has 0 atom stereocenters. The number of nitrogens with one attached hydrogen (secondary N) is 1. The standard InChI is InChI=1S/C9H12N4O2S2/c1-13-5-4-8(11-13)12-17(14,15)9-3-2-7(6-10)16-9/h2-5H,6,10H2,1H3,(H,11,12). The lowest BCUT2D eigenvalue weighted by molar-refractivity contribution is 0.603. The Morgan fingerprint density at radius 3 is 2.76 bits per heavy atom. The van der Waals surface area contributed by atoms with Crippen LogP contribution in [0.2, 0.25) is 0 Å². The minimum Gasteiger partial charge on any atom is -0.326 e. The van der Waals surface area contributed by atoms with Crippen molar-refractivity contribution in [3.63, 3.8) is 0 Å². The van der Waals surface area contributed by atoms with Crippen LogP contribution in [0, 0.1) is 0 Å². The first-order valence-electron chi connectivity index (χ1n) is 4.82. The highest BCUT2D eigenvalue weighted by Gasteiger charge is 2.17. The second kappa shape index (κ2) is 4.47. The molecule has 0 saturated heterocycles. The molecule has 0 radical (unpaired) electrons. The van der Waals surface area contributed by atoms with Crippen molar-refractivity contribution in [3.05, 3.63) is 29.3 Å². The maximum Gasteiger partial charge on any atom is 0.272 e. The van der Waals surface area contributed by atoms with E-state index in [1.807, 2.05) is 0 Å². The lowest BCUT2D eigenvalue weighted by atomic mass is 10.5. The number of anilines is 1. The van der Waals surface area contributed by atoms with Crippen LogP contribution in [0.1, 0.15) is 4.88 Å². The fourth-order valence-corrected chi connectivity index (χ4v) is 3.50. The number of thiophene rings is 1. The normalized spacial score (nSPS) is 11.6. The fraction of sp³-hybridized carbons (Fsp3) is 0.222. The van der Waals surface area contributed by atoms with E-state index in [0.29, 0.717) is 12.4 Å². The number of aryl methyl sites for hydroxylation is 1. The van der Waals surface area contributed by atoms with E-state index in [-0.39, 0.29) is 4.21 Å². The van der Waals surface area contributed by atoms with Crippen LogP contribution in [0.4, 0.5) is 5.82 Å². The molecule has 0 unspecified atom stereocenters. The van der Waals surface area contributed by atoms with Crippen molar-refractivity contribution in [1.29, 1.82) is 0 Å². The molecular weight excluding hydrogens is 260 g/mol. The zero-order valence-electron chi connectivity index (χ0n) is 9.12. The second-order valence-electron chi connectivity index (χ2n) is 3.41. The Labute approximate surface area is 103 Å². The van der Waals surface area contributed by atoms with Gasteiger partial charge in [-0.3, -0.25) is 9.40 Å². The Bertz CT molecular complexity index is 614. The first-order chi connectivity index (χ1) is 8.01. The van der Waals surface area contributed by atoms with Gasteiger partial charge in [-0.2, -0.15) is 5.10 Å². The minimum absolute atomic E-state index is 0.239. The number of aromatic nitrogens is 2. The Morgan fingerprint density at radius 1 is 1.47 bits per heavy atom. The average Bonchev–Trinajstić information content (AvgIpc) is 2.86. The van der Waals surface area contributed by atoms with Gasteiger partial charge in [0.2, 0.25) is 0 Å². The van der Waals surface area contributed by atoms with Crippen LogP contribution in [0.15, 0.2) is 28.6 Å². The van der Waals surface area contributed by atoms with E-state index in [1.54, 1.807) is 25.4 Å². The Balaban J connectivity index is 2.24. The van der Waals surface area contributed by atoms with Crippen LogP contribution >= 0.6 is 11.3 Å². The fourth-order valence-electron chi connectivity index (χ4n) is 1.27. The number of rotatable bonds is 4. The van der Waals surface area contributed by atoms with Crippen molar-refractivity contribution in [2.24, 2.45) is 12.8 Å². The average molecular weight is 272 g/mol. The first-order valence-corrected chi connectivity index (χ1v) is 7.12. The molecule has 0 saturated carbocycles. The maximum absolute atomic E-state index is 11.9. The molecule has 3 N–H and O–H groups in total. The van der Waals surface area contributed by atoms with Gasteiger partial charge in [-0.05, 0) is 12.1 Å². The van der Waals surface area contributed by atoms with Gasteiger partial charge in [0, 0.05) is 30.7 Å². The molecule has 2 rings (SSSR count). The predicted octanol–water partition coefficient (Wildman–Crippen LogP) is 0.741. The number of sulfonamides is 1. The van der Waals surface area contributed by atoms with Crippen LogP contribution in [0.3, 0.4) is 0 Å². The molecule has 0 spiro atoms. The molecule has 0 aromatic carbocycles. The molecule has 0 fully saturated rings. The van der Waals surface area contributed by atoms with Gasteiger partial charge in [0.25, 0.3) is 10.0 Å². The second-order valence-corrected chi connectivity index (χ2v) is 6.48. The zero-order valence-corrected chi connectivity index (χ0v) is 10.8. The van der Waals surface area contributed by atoms with Crippen molar-refractivity contribution in [3.8, 4) is 0 Å². The van der Waals surface area contributed by atoms with Crippen molar-refractivity contribution >= 4 is 27.2 Å². The lowest BCUT2D eigenvalue weighted by Gasteiger charge is -2.01. The summed E-state index contributed by atoms with van der Waals surface area (Å²) < 4.78 is 28.1. The van der Waals surface area contributed by atoms with Gasteiger partial charge in [0.15, 0.2) is 5.82 Å². The van der Waals surface area contributed by atoms with Gasteiger partial charge < -0.3 is 5.73 Å². The molecule has 0 aliphatic rings. The van der Waals surface area contributed by atoms with Crippen LogP contribution < -0.4 is 10.5 Å². The van der Waals surface area contributed by atoms with E-state index in [4.69, 9.17) is 5.73 Å². The van der Waals surface area contributed by atoms with Crippen molar-refractivity contribution in [1.82, 2.24) is 9.78 Å². The molecule has 0 aliphatic heterocycles. The third-order valence-corrected chi connectivity index (χ3v) is 5.01. The van der Waals surface area contributed by atoms with Crippen LogP contribution in [-0.4, -0.2) is 18.2 Å². The zero-order chi connectivity index (χ0) is 12.5. The number of hydrogen-bond donors (Lipinski definition) is 2. The summed E-state index contributed by atoms with van der Waals surface area (Å²) in [6.45, 7) is 0.337. The quantitative estimate of drug-likeness (QED) is 0.859. The van der Waals surface area contributed by atoms with Gasteiger partial charge in [-0.15, -0.1) is 11.3 Å². The van der Waals surface area contributed by atoms with Crippen LogP contribution in [0.5, 0.6) is 0 Å².